The Labute approximate surface area is 90.0 Å². The van der Waals surface area contributed by atoms with Crippen LogP contribution in [0.2, 0.25) is 0 Å². The van der Waals surface area contributed by atoms with E-state index in [1.54, 1.807) is 5.92 Å². The Bertz CT molecular complexity index is 70.8. The summed E-state index contributed by atoms with van der Waals surface area (Å²) in [4.78, 5) is 0. The van der Waals surface area contributed by atoms with Gasteiger partial charge in [0.05, 0.1) is 0 Å². The average Bonchev–Trinajstić information content (AvgIpc) is 1.99. The Morgan fingerprint density at radius 1 is 1.20 bits per heavy atom. The minimum absolute atomic E-state index is 0. The summed E-state index contributed by atoms with van der Waals surface area (Å²) in [6, 6.07) is 0. The molecular weight excluding hydrogens is 197 g/mol. The molecule has 0 spiro atoms. The van der Waals surface area contributed by atoms with Gasteiger partial charge in [-0.15, -0.1) is 0 Å². The fraction of sp³-hybridized carbons (Fsp3) is 0.889. The van der Waals surface area contributed by atoms with Gasteiger partial charge in [0.2, 0.25) is 0 Å². The van der Waals surface area contributed by atoms with Crippen molar-refractivity contribution >= 4 is 0 Å². The van der Waals surface area contributed by atoms with Crippen molar-refractivity contribution in [3.63, 3.8) is 0 Å². The topological polar surface area (TPSA) is 0 Å². The van der Waals surface area contributed by atoms with Crippen molar-refractivity contribution in [2.24, 2.45) is 5.92 Å². The van der Waals surface area contributed by atoms with E-state index >= 15 is 0 Å². The van der Waals surface area contributed by atoms with Crippen LogP contribution in [0.5, 0.6) is 0 Å². The first-order chi connectivity index (χ1) is 4.30. The molecule has 0 nitrogen and oxygen atoms in total. The van der Waals surface area contributed by atoms with Crippen LogP contribution in [0.3, 0.4) is 0 Å². The van der Waals surface area contributed by atoms with Gasteiger partial charge in [0.25, 0.3) is 0 Å². The van der Waals surface area contributed by atoms with Crippen LogP contribution in [0.15, 0.2) is 0 Å². The maximum absolute atomic E-state index is 2.36. The van der Waals surface area contributed by atoms with Gasteiger partial charge in [-0.2, -0.15) is 19.3 Å². The van der Waals surface area contributed by atoms with Crippen molar-refractivity contribution in [1.82, 2.24) is 0 Å². The van der Waals surface area contributed by atoms with Gasteiger partial charge in [-0.1, -0.05) is 32.6 Å². The molecule has 0 N–H and O–H groups in total. The molecule has 0 saturated heterocycles. The van der Waals surface area contributed by atoms with E-state index in [2.05, 4.69) is 13.8 Å². The summed E-state index contributed by atoms with van der Waals surface area (Å²) < 4.78 is 0. The van der Waals surface area contributed by atoms with Crippen molar-refractivity contribution in [3.05, 3.63) is 5.92 Å². The summed E-state index contributed by atoms with van der Waals surface area (Å²) in [7, 11) is 0. The molecule has 0 bridgehead atoms. The van der Waals surface area contributed by atoms with E-state index in [-0.39, 0.29) is 32.7 Å². The van der Waals surface area contributed by atoms with Crippen LogP contribution < -0.4 is 0 Å². The first kappa shape index (κ1) is 11.1. The van der Waals surface area contributed by atoms with Crippen LogP contribution in [0.1, 0.15) is 46.0 Å². The zero-order valence-corrected chi connectivity index (χ0v) is 10.0. The summed E-state index contributed by atoms with van der Waals surface area (Å²) in [5.41, 5.74) is 0. The predicted molar refractivity (Wildman–Crippen MR) is 41.2 cm³/mol. The zero-order chi connectivity index (χ0) is 6.69. The molecule has 10 heavy (non-hydrogen) atoms. The third-order valence-corrected chi connectivity index (χ3v) is 2.55. The van der Waals surface area contributed by atoms with Crippen LogP contribution >= 0.6 is 0 Å². The van der Waals surface area contributed by atoms with Crippen molar-refractivity contribution in [2.75, 3.05) is 0 Å². The van der Waals surface area contributed by atoms with Gasteiger partial charge in [-0.25, -0.2) is 0 Å². The van der Waals surface area contributed by atoms with Crippen LogP contribution in [0.4, 0.5) is 0 Å². The van der Waals surface area contributed by atoms with Crippen molar-refractivity contribution in [2.45, 2.75) is 46.0 Å². The molecule has 1 rings (SSSR count). The van der Waals surface area contributed by atoms with Crippen LogP contribution in [0.25, 0.3) is 0 Å². The van der Waals surface area contributed by atoms with Gasteiger partial charge >= 0.3 is 32.7 Å². The van der Waals surface area contributed by atoms with E-state index in [1.807, 2.05) is 0 Å². The van der Waals surface area contributed by atoms with Gasteiger partial charge in [-0.05, 0) is 0 Å². The Kier molecular flexibility index (Phi) is 6.35. The van der Waals surface area contributed by atoms with Gasteiger partial charge in [0.1, 0.15) is 0 Å². The summed E-state index contributed by atoms with van der Waals surface area (Å²) in [5, 5.41) is 0. The average molecular weight is 214 g/mol. The molecule has 0 radical (unpaired) electrons. The summed E-state index contributed by atoms with van der Waals surface area (Å²) in [6.07, 6.45) is 7.18. The number of rotatable bonds is 0. The van der Waals surface area contributed by atoms with E-state index in [4.69, 9.17) is 0 Å². The van der Waals surface area contributed by atoms with E-state index in [9.17, 15) is 0 Å². The molecule has 1 atom stereocenters. The summed E-state index contributed by atoms with van der Waals surface area (Å²) in [6.45, 7) is 4.68. The molecular formula is C9H17Y+2. The van der Waals surface area contributed by atoms with Crippen molar-refractivity contribution in [1.29, 1.82) is 0 Å². The second-order valence-electron chi connectivity index (χ2n) is 3.35. The molecule has 1 aliphatic rings. The smallest absolute Gasteiger partial charge is 0.314 e. The van der Waals surface area contributed by atoms with Gasteiger partial charge in [0.15, 0.2) is 0 Å². The van der Waals surface area contributed by atoms with Gasteiger partial charge in [-0.3, -0.25) is 0 Å². The fourth-order valence-corrected chi connectivity index (χ4v) is 1.52. The molecule has 0 aromatic carbocycles. The molecule has 1 unspecified atom stereocenters. The molecule has 54 valence electrons. The largest absolute Gasteiger partial charge is 3.00 e. The molecule has 0 aromatic rings. The maximum atomic E-state index is 2.36. The second-order valence-corrected chi connectivity index (χ2v) is 3.35. The minimum atomic E-state index is 0. The van der Waals surface area contributed by atoms with E-state index in [0.29, 0.717) is 0 Å². The normalized spacial score (nSPS) is 28.8. The first-order valence-electron chi connectivity index (χ1n) is 4.13. The quantitative estimate of drug-likeness (QED) is 0.429. The molecule has 0 aliphatic heterocycles. The van der Waals surface area contributed by atoms with Crippen molar-refractivity contribution < 1.29 is 32.7 Å². The molecule has 1 fully saturated rings. The summed E-state index contributed by atoms with van der Waals surface area (Å²) >= 11 is 0. The molecule has 1 aliphatic carbocycles. The number of hydrogen-bond acceptors (Lipinski definition) is 0. The molecule has 1 saturated carbocycles. The number of hydrogen-bond donors (Lipinski definition) is 0. The van der Waals surface area contributed by atoms with Crippen LogP contribution in [-0.2, 0) is 32.7 Å². The predicted octanol–water partition coefficient (Wildman–Crippen LogP) is 3.18. The molecule has 0 aromatic heterocycles. The Morgan fingerprint density at radius 2 is 1.90 bits per heavy atom. The fourth-order valence-electron chi connectivity index (χ4n) is 1.52. The van der Waals surface area contributed by atoms with Crippen LogP contribution in [0, 0.1) is 11.8 Å². The Balaban J connectivity index is 0.000000810. The Hall–Kier alpha value is 1.10. The van der Waals surface area contributed by atoms with Gasteiger partial charge < -0.3 is 5.92 Å². The van der Waals surface area contributed by atoms with Gasteiger partial charge in [0, 0.05) is 0 Å². The van der Waals surface area contributed by atoms with Crippen molar-refractivity contribution in [3.8, 4) is 0 Å². The minimum Gasteiger partial charge on any atom is -0.314 e. The molecule has 0 heterocycles. The Morgan fingerprint density at radius 3 is 2.60 bits per heavy atom. The summed E-state index contributed by atoms with van der Waals surface area (Å²) in [5.74, 6) is 2.64. The second kappa shape index (κ2) is 5.72. The third-order valence-electron chi connectivity index (χ3n) is 2.55. The van der Waals surface area contributed by atoms with E-state index < -0.39 is 0 Å². The zero-order valence-electron chi connectivity index (χ0n) is 7.19. The van der Waals surface area contributed by atoms with E-state index in [1.165, 1.54) is 32.1 Å². The monoisotopic (exact) mass is 214 g/mol. The standard InChI is InChI=1S/C9H17.Y/c1-8-6-4-3-5-7-9(8)2;/h8H,3-7H2,1-2H3;/q-1;+3. The van der Waals surface area contributed by atoms with Crippen LogP contribution in [-0.4, -0.2) is 0 Å². The molecule has 0 amide bonds. The molecule has 1 heteroatoms. The first-order valence-corrected chi connectivity index (χ1v) is 4.13. The third kappa shape index (κ3) is 3.48. The van der Waals surface area contributed by atoms with E-state index in [0.717, 1.165) is 5.92 Å². The SMILES string of the molecule is C[C-]1CCCCCC1C.[Y+3]. The maximum Gasteiger partial charge on any atom is 3.00 e.